The number of hydrogen-bond donors (Lipinski definition) is 1. The number of nitrogens with one attached hydrogen (secondary N) is 1. The van der Waals surface area contributed by atoms with Crippen LogP contribution in [0, 0.1) is 0 Å². The Hall–Kier alpha value is -1.80. The Kier molecular flexibility index (Phi) is 8.71. The summed E-state index contributed by atoms with van der Waals surface area (Å²) < 4.78 is 36.5. The van der Waals surface area contributed by atoms with Crippen LogP contribution < -0.4 is 14.8 Å². The zero-order chi connectivity index (χ0) is 18.9. The maximum absolute atomic E-state index is 12.4. The van der Waals surface area contributed by atoms with E-state index in [2.05, 4.69) is 5.32 Å². The van der Waals surface area contributed by atoms with Crippen molar-refractivity contribution in [3.05, 3.63) is 23.8 Å². The fourth-order valence-corrected chi connectivity index (χ4v) is 3.93. The van der Waals surface area contributed by atoms with Crippen molar-refractivity contribution in [2.24, 2.45) is 0 Å². The van der Waals surface area contributed by atoms with Crippen LogP contribution >= 0.6 is 0 Å². The highest BCUT2D eigenvalue weighted by atomic mass is 32.2. The lowest BCUT2D eigenvalue weighted by atomic mass is 10.2. The molecule has 8 heteroatoms. The predicted molar refractivity (Wildman–Crippen MR) is 97.8 cm³/mol. The second-order valence-electron chi connectivity index (χ2n) is 5.54. The van der Waals surface area contributed by atoms with Crippen LogP contribution in [-0.4, -0.2) is 58.2 Å². The third-order valence-electron chi connectivity index (χ3n) is 3.63. The molecule has 0 atom stereocenters. The molecule has 0 aliphatic rings. The lowest BCUT2D eigenvalue weighted by Gasteiger charge is -2.21. The van der Waals surface area contributed by atoms with E-state index in [0.29, 0.717) is 30.2 Å². The molecule has 1 aromatic rings. The van der Waals surface area contributed by atoms with Gasteiger partial charge in [-0.3, -0.25) is 4.79 Å². The Balaban J connectivity index is 2.67. The molecule has 1 amide bonds. The molecule has 25 heavy (non-hydrogen) atoms. The molecule has 142 valence electrons. The fourth-order valence-electron chi connectivity index (χ4n) is 2.39. The smallest absolute Gasteiger partial charge is 0.251 e. The van der Waals surface area contributed by atoms with Gasteiger partial charge in [-0.25, -0.2) is 12.7 Å². The van der Waals surface area contributed by atoms with Crippen LogP contribution in [0.5, 0.6) is 11.5 Å². The number of methoxy groups -OCH3 is 2. The van der Waals surface area contributed by atoms with Crippen molar-refractivity contribution in [2.45, 2.75) is 26.7 Å². The second-order valence-corrected chi connectivity index (χ2v) is 7.63. The minimum atomic E-state index is -3.37. The van der Waals surface area contributed by atoms with Crippen molar-refractivity contribution < 1.29 is 22.7 Å². The molecule has 1 N–H and O–H groups in total. The Bertz CT molecular complexity index is 655. The summed E-state index contributed by atoms with van der Waals surface area (Å²) in [5.74, 6) is 0.497. The van der Waals surface area contributed by atoms with E-state index in [1.807, 2.05) is 13.8 Å². The number of carbonyl (C=O) groups excluding carboxylic acids is 1. The van der Waals surface area contributed by atoms with Crippen LogP contribution in [0.4, 0.5) is 0 Å². The summed E-state index contributed by atoms with van der Waals surface area (Å²) in [6, 6.07) is 4.80. The van der Waals surface area contributed by atoms with Crippen LogP contribution in [0.15, 0.2) is 18.2 Å². The maximum Gasteiger partial charge on any atom is 0.251 e. The van der Waals surface area contributed by atoms with E-state index < -0.39 is 10.0 Å². The van der Waals surface area contributed by atoms with Crippen molar-refractivity contribution in [1.29, 1.82) is 0 Å². The highest BCUT2D eigenvalue weighted by molar-refractivity contribution is 7.89. The summed E-state index contributed by atoms with van der Waals surface area (Å²) >= 11 is 0. The topological polar surface area (TPSA) is 84.9 Å². The van der Waals surface area contributed by atoms with E-state index in [1.54, 1.807) is 18.2 Å². The summed E-state index contributed by atoms with van der Waals surface area (Å²) in [5.41, 5.74) is 0.383. The van der Waals surface area contributed by atoms with Gasteiger partial charge in [-0.15, -0.1) is 0 Å². The lowest BCUT2D eigenvalue weighted by molar-refractivity contribution is 0.0955. The first kappa shape index (κ1) is 21.2. The molecule has 0 aromatic heterocycles. The molecule has 1 rings (SSSR count). The van der Waals surface area contributed by atoms with E-state index in [-0.39, 0.29) is 18.2 Å². The molecular weight excluding hydrogens is 344 g/mol. The van der Waals surface area contributed by atoms with E-state index in [0.717, 1.165) is 12.8 Å². The van der Waals surface area contributed by atoms with Crippen LogP contribution in [0.3, 0.4) is 0 Å². The number of ether oxygens (including phenoxy) is 2. The molecule has 1 aromatic carbocycles. The molecule has 7 nitrogen and oxygen atoms in total. The van der Waals surface area contributed by atoms with Gasteiger partial charge in [0, 0.05) is 25.2 Å². The maximum atomic E-state index is 12.4. The minimum absolute atomic E-state index is 0.0550. The number of carbonyl (C=O) groups is 1. The highest BCUT2D eigenvalue weighted by Crippen LogP contribution is 2.27. The van der Waals surface area contributed by atoms with Crippen molar-refractivity contribution in [3.63, 3.8) is 0 Å². The molecule has 0 saturated carbocycles. The molecule has 0 saturated heterocycles. The molecular formula is C17H28N2O5S. The number of sulfonamides is 1. The van der Waals surface area contributed by atoms with Crippen molar-refractivity contribution in [2.75, 3.05) is 39.6 Å². The standard InChI is InChI=1S/C17H28N2O5S/c1-5-10-19(11-6-2)25(21,22)12-9-18-17(20)14-7-8-15(23-3)16(13-14)24-4/h7-8,13H,5-6,9-12H2,1-4H3,(H,18,20). The van der Waals surface area contributed by atoms with Crippen LogP contribution in [-0.2, 0) is 10.0 Å². The number of hydrogen-bond acceptors (Lipinski definition) is 5. The van der Waals surface area contributed by atoms with Crippen molar-refractivity contribution in [3.8, 4) is 11.5 Å². The highest BCUT2D eigenvalue weighted by Gasteiger charge is 2.20. The minimum Gasteiger partial charge on any atom is -0.493 e. The Morgan fingerprint density at radius 2 is 1.68 bits per heavy atom. The van der Waals surface area contributed by atoms with Gasteiger partial charge in [0.25, 0.3) is 5.91 Å². The Morgan fingerprint density at radius 1 is 1.08 bits per heavy atom. The average Bonchev–Trinajstić information content (AvgIpc) is 2.60. The van der Waals surface area contributed by atoms with Gasteiger partial charge in [-0.2, -0.15) is 0 Å². The van der Waals surface area contributed by atoms with Gasteiger partial charge in [0.2, 0.25) is 10.0 Å². The van der Waals surface area contributed by atoms with Gasteiger partial charge in [0.15, 0.2) is 11.5 Å². The Labute approximate surface area is 150 Å². The molecule has 0 fully saturated rings. The third-order valence-corrected chi connectivity index (χ3v) is 5.50. The van der Waals surface area contributed by atoms with Gasteiger partial charge in [0.05, 0.1) is 20.0 Å². The summed E-state index contributed by atoms with van der Waals surface area (Å²) in [7, 11) is -0.371. The van der Waals surface area contributed by atoms with Crippen molar-refractivity contribution in [1.82, 2.24) is 9.62 Å². The molecule has 0 heterocycles. The first-order valence-electron chi connectivity index (χ1n) is 8.37. The molecule has 0 aliphatic heterocycles. The quantitative estimate of drug-likeness (QED) is 0.641. The third kappa shape index (κ3) is 6.21. The van der Waals surface area contributed by atoms with Crippen LogP contribution in [0.25, 0.3) is 0 Å². The zero-order valence-electron chi connectivity index (χ0n) is 15.4. The summed E-state index contributed by atoms with van der Waals surface area (Å²) in [4.78, 5) is 12.2. The van der Waals surface area contributed by atoms with E-state index in [4.69, 9.17) is 9.47 Å². The summed E-state index contributed by atoms with van der Waals surface area (Å²) in [5, 5.41) is 2.64. The molecule has 0 radical (unpaired) electrons. The molecule has 0 unspecified atom stereocenters. The first-order chi connectivity index (χ1) is 11.9. The second kappa shape index (κ2) is 10.2. The van der Waals surface area contributed by atoms with Crippen LogP contribution in [0.1, 0.15) is 37.0 Å². The van der Waals surface area contributed by atoms with Gasteiger partial charge < -0.3 is 14.8 Å². The monoisotopic (exact) mass is 372 g/mol. The van der Waals surface area contributed by atoms with E-state index >= 15 is 0 Å². The number of nitrogens with zero attached hydrogens (tertiary/aromatic N) is 1. The van der Waals surface area contributed by atoms with E-state index in [9.17, 15) is 13.2 Å². The van der Waals surface area contributed by atoms with Crippen molar-refractivity contribution >= 4 is 15.9 Å². The Morgan fingerprint density at radius 3 is 2.20 bits per heavy atom. The number of benzene rings is 1. The lowest BCUT2D eigenvalue weighted by Crippen LogP contribution is -2.38. The fraction of sp³-hybridized carbons (Fsp3) is 0.588. The summed E-state index contributed by atoms with van der Waals surface area (Å²) in [6.45, 7) is 4.94. The van der Waals surface area contributed by atoms with Gasteiger partial charge >= 0.3 is 0 Å². The van der Waals surface area contributed by atoms with E-state index in [1.165, 1.54) is 18.5 Å². The van der Waals surface area contributed by atoms with Crippen LogP contribution in [0.2, 0.25) is 0 Å². The number of amides is 1. The summed E-state index contributed by atoms with van der Waals surface area (Å²) in [6.07, 6.45) is 1.52. The average molecular weight is 372 g/mol. The normalized spacial score (nSPS) is 11.4. The van der Waals surface area contributed by atoms with Gasteiger partial charge in [-0.05, 0) is 31.0 Å². The molecule has 0 aliphatic carbocycles. The number of rotatable bonds is 11. The predicted octanol–water partition coefficient (Wildman–Crippen LogP) is 1.89. The zero-order valence-corrected chi connectivity index (χ0v) is 16.2. The van der Waals surface area contributed by atoms with Gasteiger partial charge in [-0.1, -0.05) is 13.8 Å². The van der Waals surface area contributed by atoms with Gasteiger partial charge in [0.1, 0.15) is 0 Å². The first-order valence-corrected chi connectivity index (χ1v) is 9.98. The SMILES string of the molecule is CCCN(CCC)S(=O)(=O)CCNC(=O)c1ccc(OC)c(OC)c1. The molecule has 0 spiro atoms. The molecule has 0 bridgehead atoms. The largest absolute Gasteiger partial charge is 0.493 e.